The number of phenols is 1. The Balaban J connectivity index is 1.73. The molecule has 0 unspecified atom stereocenters. The van der Waals surface area contributed by atoms with Crippen molar-refractivity contribution in [3.8, 4) is 5.75 Å². The fourth-order valence-corrected chi connectivity index (χ4v) is 2.43. The van der Waals surface area contributed by atoms with Crippen LogP contribution in [0.4, 0.5) is 0 Å². The van der Waals surface area contributed by atoms with Gasteiger partial charge in [-0.3, -0.25) is 4.79 Å². The SMILES string of the molecule is O=C1NN=C(CCc2ccc(O)cc2)/C1=C\c1ccc(Cl)[nH]1. The molecule has 1 aliphatic rings. The number of aryl methyl sites for hydroxylation is 1. The summed E-state index contributed by atoms with van der Waals surface area (Å²) < 4.78 is 0. The van der Waals surface area contributed by atoms with E-state index in [1.807, 2.05) is 12.1 Å². The summed E-state index contributed by atoms with van der Waals surface area (Å²) in [6, 6.07) is 10.5. The summed E-state index contributed by atoms with van der Waals surface area (Å²) in [5.41, 5.74) is 5.57. The molecule has 0 saturated carbocycles. The minimum Gasteiger partial charge on any atom is -0.508 e. The summed E-state index contributed by atoms with van der Waals surface area (Å²) in [7, 11) is 0. The van der Waals surface area contributed by atoms with Gasteiger partial charge in [-0.25, -0.2) is 5.43 Å². The number of carbonyl (C=O) groups is 1. The predicted octanol–water partition coefficient (Wildman–Crippen LogP) is 2.88. The third kappa shape index (κ3) is 3.20. The molecule has 1 aromatic heterocycles. The van der Waals surface area contributed by atoms with Gasteiger partial charge in [-0.15, -0.1) is 0 Å². The van der Waals surface area contributed by atoms with E-state index >= 15 is 0 Å². The van der Waals surface area contributed by atoms with Crippen LogP contribution in [-0.4, -0.2) is 21.7 Å². The summed E-state index contributed by atoms with van der Waals surface area (Å²) in [5.74, 6) is 0.0226. The molecular formula is C16H14ClN3O2. The smallest absolute Gasteiger partial charge is 0.273 e. The molecule has 2 aromatic rings. The summed E-state index contributed by atoms with van der Waals surface area (Å²) in [6.45, 7) is 0. The van der Waals surface area contributed by atoms with Crippen LogP contribution in [0.25, 0.3) is 6.08 Å². The number of aromatic nitrogens is 1. The van der Waals surface area contributed by atoms with Gasteiger partial charge < -0.3 is 10.1 Å². The lowest BCUT2D eigenvalue weighted by atomic mass is 10.0. The number of H-pyrrole nitrogens is 1. The first-order chi connectivity index (χ1) is 10.6. The highest BCUT2D eigenvalue weighted by Gasteiger charge is 2.22. The maximum atomic E-state index is 11.9. The molecule has 0 saturated heterocycles. The van der Waals surface area contributed by atoms with Crippen LogP contribution in [-0.2, 0) is 11.2 Å². The molecule has 3 rings (SSSR count). The van der Waals surface area contributed by atoms with Gasteiger partial charge in [-0.2, -0.15) is 5.10 Å². The molecule has 5 nitrogen and oxygen atoms in total. The molecule has 0 spiro atoms. The predicted molar refractivity (Wildman–Crippen MR) is 85.8 cm³/mol. The van der Waals surface area contributed by atoms with E-state index in [1.165, 1.54) is 0 Å². The molecule has 0 fully saturated rings. The Morgan fingerprint density at radius 1 is 1.14 bits per heavy atom. The molecule has 1 amide bonds. The lowest BCUT2D eigenvalue weighted by Gasteiger charge is -2.02. The number of nitrogens with zero attached hydrogens (tertiary/aromatic N) is 1. The average Bonchev–Trinajstić information content (AvgIpc) is 3.06. The monoisotopic (exact) mass is 315 g/mol. The molecule has 22 heavy (non-hydrogen) atoms. The van der Waals surface area contributed by atoms with Crippen molar-refractivity contribution >= 4 is 29.3 Å². The van der Waals surface area contributed by atoms with Crippen molar-refractivity contribution in [2.24, 2.45) is 5.10 Å². The molecule has 6 heteroatoms. The van der Waals surface area contributed by atoms with Crippen LogP contribution in [0.1, 0.15) is 17.7 Å². The topological polar surface area (TPSA) is 77.5 Å². The summed E-state index contributed by atoms with van der Waals surface area (Å²) in [4.78, 5) is 14.8. The van der Waals surface area contributed by atoms with Gasteiger partial charge in [0.05, 0.1) is 11.3 Å². The van der Waals surface area contributed by atoms with Gasteiger partial charge in [0.15, 0.2) is 0 Å². The molecule has 3 N–H and O–H groups in total. The molecule has 0 bridgehead atoms. The molecular weight excluding hydrogens is 302 g/mol. The van der Waals surface area contributed by atoms with Crippen molar-refractivity contribution in [3.63, 3.8) is 0 Å². The standard InChI is InChI=1S/C16H14ClN3O2/c17-15-8-4-11(18-15)9-13-14(19-20-16(13)22)7-3-10-1-5-12(21)6-2-10/h1-2,4-6,8-9,18,21H,3,7H2,(H,20,22)/b13-9+. The Morgan fingerprint density at radius 2 is 1.91 bits per heavy atom. The second-order valence-corrected chi connectivity index (χ2v) is 5.39. The van der Waals surface area contributed by atoms with E-state index in [0.29, 0.717) is 22.9 Å². The Morgan fingerprint density at radius 3 is 2.59 bits per heavy atom. The number of amides is 1. The minimum absolute atomic E-state index is 0.216. The van der Waals surface area contributed by atoms with E-state index in [1.54, 1.807) is 30.3 Å². The lowest BCUT2D eigenvalue weighted by molar-refractivity contribution is -0.116. The third-order valence-electron chi connectivity index (χ3n) is 3.41. The summed E-state index contributed by atoms with van der Waals surface area (Å²) in [5, 5.41) is 13.9. The van der Waals surface area contributed by atoms with Crippen molar-refractivity contribution in [1.82, 2.24) is 10.4 Å². The van der Waals surface area contributed by atoms with Crippen molar-refractivity contribution in [2.75, 3.05) is 0 Å². The number of carbonyl (C=O) groups excluding carboxylic acids is 1. The largest absolute Gasteiger partial charge is 0.508 e. The van der Waals surface area contributed by atoms with Gasteiger partial charge in [0.1, 0.15) is 10.9 Å². The number of hydrogen-bond donors (Lipinski definition) is 3. The van der Waals surface area contributed by atoms with Crippen molar-refractivity contribution in [1.29, 1.82) is 0 Å². The zero-order chi connectivity index (χ0) is 15.5. The van der Waals surface area contributed by atoms with E-state index in [-0.39, 0.29) is 11.7 Å². The normalized spacial score (nSPS) is 16.0. The third-order valence-corrected chi connectivity index (χ3v) is 3.63. The van der Waals surface area contributed by atoms with Crippen LogP contribution >= 0.6 is 11.6 Å². The van der Waals surface area contributed by atoms with Crippen molar-refractivity contribution < 1.29 is 9.90 Å². The Kier molecular flexibility index (Phi) is 3.98. The molecule has 0 atom stereocenters. The second-order valence-electron chi connectivity index (χ2n) is 4.99. The van der Waals surface area contributed by atoms with E-state index in [4.69, 9.17) is 11.6 Å². The molecule has 0 aliphatic carbocycles. The van der Waals surface area contributed by atoms with Gasteiger partial charge in [0.2, 0.25) is 0 Å². The fraction of sp³-hybridized carbons (Fsp3) is 0.125. The number of halogens is 1. The highest BCUT2D eigenvalue weighted by Crippen LogP contribution is 2.18. The van der Waals surface area contributed by atoms with Crippen molar-refractivity contribution in [3.05, 3.63) is 58.4 Å². The van der Waals surface area contributed by atoms with Gasteiger partial charge in [0.25, 0.3) is 5.91 Å². The molecule has 2 heterocycles. The van der Waals surface area contributed by atoms with Gasteiger partial charge >= 0.3 is 0 Å². The van der Waals surface area contributed by atoms with Crippen LogP contribution in [0.15, 0.2) is 47.1 Å². The summed E-state index contributed by atoms with van der Waals surface area (Å²) in [6.07, 6.45) is 3.10. The maximum Gasteiger partial charge on any atom is 0.273 e. The number of phenolic OH excluding ortho intramolecular Hbond substituents is 1. The van der Waals surface area contributed by atoms with Crippen LogP contribution in [0.5, 0.6) is 5.75 Å². The number of benzene rings is 1. The number of aromatic amines is 1. The number of hydrazone groups is 1. The Labute approximate surface area is 132 Å². The Bertz CT molecular complexity index is 760. The molecule has 0 radical (unpaired) electrons. The quantitative estimate of drug-likeness (QED) is 0.759. The van der Waals surface area contributed by atoms with Crippen LogP contribution in [0, 0.1) is 0 Å². The lowest BCUT2D eigenvalue weighted by Crippen LogP contribution is -2.13. The maximum absolute atomic E-state index is 11.9. The molecule has 1 aliphatic heterocycles. The van der Waals surface area contributed by atoms with Gasteiger partial charge in [-0.05, 0) is 48.7 Å². The fourth-order valence-electron chi connectivity index (χ4n) is 2.26. The van der Waals surface area contributed by atoms with Crippen LogP contribution in [0.2, 0.25) is 5.15 Å². The average molecular weight is 316 g/mol. The summed E-state index contributed by atoms with van der Waals surface area (Å²) >= 11 is 5.84. The van der Waals surface area contributed by atoms with Crippen LogP contribution < -0.4 is 5.43 Å². The number of nitrogens with one attached hydrogen (secondary N) is 2. The van der Waals surface area contributed by atoms with E-state index in [9.17, 15) is 9.90 Å². The number of rotatable bonds is 4. The number of aromatic hydroxyl groups is 1. The Hall–Kier alpha value is -2.53. The van der Waals surface area contributed by atoms with Crippen molar-refractivity contribution in [2.45, 2.75) is 12.8 Å². The minimum atomic E-state index is -0.216. The highest BCUT2D eigenvalue weighted by atomic mass is 35.5. The first-order valence-electron chi connectivity index (χ1n) is 6.83. The van der Waals surface area contributed by atoms with E-state index < -0.39 is 0 Å². The first-order valence-corrected chi connectivity index (χ1v) is 7.21. The second kappa shape index (κ2) is 6.07. The zero-order valence-electron chi connectivity index (χ0n) is 11.6. The highest BCUT2D eigenvalue weighted by molar-refractivity contribution is 6.30. The number of hydrogen-bond acceptors (Lipinski definition) is 3. The first kappa shape index (κ1) is 14.4. The van der Waals surface area contributed by atoms with Crippen LogP contribution in [0.3, 0.4) is 0 Å². The van der Waals surface area contributed by atoms with Gasteiger partial charge in [0, 0.05) is 5.69 Å². The molecule has 1 aromatic carbocycles. The van der Waals surface area contributed by atoms with Gasteiger partial charge in [-0.1, -0.05) is 23.7 Å². The zero-order valence-corrected chi connectivity index (χ0v) is 12.4. The van der Waals surface area contributed by atoms with E-state index in [0.717, 1.165) is 17.7 Å². The van der Waals surface area contributed by atoms with E-state index in [2.05, 4.69) is 15.5 Å². The molecule has 112 valence electrons.